The predicted octanol–water partition coefficient (Wildman–Crippen LogP) is 1.89. The zero-order valence-electron chi connectivity index (χ0n) is 14.4. The van der Waals surface area contributed by atoms with E-state index in [1.807, 2.05) is 0 Å². The Bertz CT molecular complexity index is 853. The van der Waals surface area contributed by atoms with E-state index in [2.05, 4.69) is 10.6 Å². The number of nitro benzene ring substituents is 1. The Morgan fingerprint density at radius 2 is 1.70 bits per heavy atom. The van der Waals surface area contributed by atoms with Crippen molar-refractivity contribution in [3.63, 3.8) is 0 Å². The zero-order valence-corrected chi connectivity index (χ0v) is 14.4. The predicted molar refractivity (Wildman–Crippen MR) is 96.1 cm³/mol. The van der Waals surface area contributed by atoms with Crippen LogP contribution in [0, 0.1) is 10.1 Å². The number of amides is 2. The van der Waals surface area contributed by atoms with E-state index in [9.17, 15) is 24.5 Å². The lowest BCUT2D eigenvalue weighted by Crippen LogP contribution is -2.35. The van der Waals surface area contributed by atoms with Crippen molar-refractivity contribution in [1.82, 2.24) is 5.32 Å². The maximum absolute atomic E-state index is 12.1. The van der Waals surface area contributed by atoms with Crippen LogP contribution in [0.5, 0.6) is 0 Å². The highest BCUT2D eigenvalue weighted by atomic mass is 16.6. The van der Waals surface area contributed by atoms with Gasteiger partial charge in [-0.15, -0.1) is 0 Å². The Morgan fingerprint density at radius 1 is 1.07 bits per heavy atom. The summed E-state index contributed by atoms with van der Waals surface area (Å²) in [6, 6.07) is 13.9. The molecule has 2 rings (SSSR count). The summed E-state index contributed by atoms with van der Waals surface area (Å²) in [6.45, 7) is 0.901. The van der Waals surface area contributed by atoms with Crippen LogP contribution >= 0.6 is 0 Å². The molecule has 0 heterocycles. The van der Waals surface area contributed by atoms with Crippen molar-refractivity contribution < 1.29 is 24.0 Å². The molecular formula is C18H17N3O6. The molecular weight excluding hydrogens is 354 g/mol. The Labute approximate surface area is 154 Å². The number of ether oxygens (including phenoxy) is 1. The SMILES string of the molecule is C[C@H](OC(=O)CNC(=O)c1ccccc1)C(=O)Nc1ccccc1[N+](=O)[O-]. The third kappa shape index (κ3) is 5.63. The fourth-order valence-corrected chi connectivity index (χ4v) is 2.11. The van der Waals surface area contributed by atoms with E-state index in [1.165, 1.54) is 31.2 Å². The number of hydrogen-bond donors (Lipinski definition) is 2. The fourth-order valence-electron chi connectivity index (χ4n) is 2.11. The van der Waals surface area contributed by atoms with Crippen molar-refractivity contribution in [1.29, 1.82) is 0 Å². The minimum atomic E-state index is -1.20. The number of carbonyl (C=O) groups is 3. The van der Waals surface area contributed by atoms with Crippen molar-refractivity contribution in [3.05, 3.63) is 70.3 Å². The normalized spacial score (nSPS) is 11.1. The zero-order chi connectivity index (χ0) is 19.8. The number of nitro groups is 1. The van der Waals surface area contributed by atoms with Gasteiger partial charge in [-0.1, -0.05) is 30.3 Å². The van der Waals surface area contributed by atoms with Gasteiger partial charge in [-0.05, 0) is 25.1 Å². The number of carbonyl (C=O) groups excluding carboxylic acids is 3. The van der Waals surface area contributed by atoms with Gasteiger partial charge < -0.3 is 15.4 Å². The molecule has 1 atom stereocenters. The highest BCUT2D eigenvalue weighted by molar-refractivity contribution is 5.98. The van der Waals surface area contributed by atoms with Crippen molar-refractivity contribution in [2.45, 2.75) is 13.0 Å². The van der Waals surface area contributed by atoms with Crippen LogP contribution in [-0.4, -0.2) is 35.4 Å². The van der Waals surface area contributed by atoms with Crippen LogP contribution in [0.2, 0.25) is 0 Å². The lowest BCUT2D eigenvalue weighted by Gasteiger charge is -2.14. The molecule has 2 aromatic rings. The number of anilines is 1. The number of para-hydroxylation sites is 2. The molecule has 0 saturated carbocycles. The third-order valence-corrected chi connectivity index (χ3v) is 3.47. The lowest BCUT2D eigenvalue weighted by atomic mass is 10.2. The van der Waals surface area contributed by atoms with Gasteiger partial charge in [-0.3, -0.25) is 24.5 Å². The highest BCUT2D eigenvalue weighted by Gasteiger charge is 2.21. The van der Waals surface area contributed by atoms with Gasteiger partial charge in [-0.2, -0.15) is 0 Å². The van der Waals surface area contributed by atoms with Crippen molar-refractivity contribution in [2.75, 3.05) is 11.9 Å². The quantitative estimate of drug-likeness (QED) is 0.435. The summed E-state index contributed by atoms with van der Waals surface area (Å²) < 4.78 is 4.94. The van der Waals surface area contributed by atoms with Crippen LogP contribution in [0.15, 0.2) is 54.6 Å². The van der Waals surface area contributed by atoms with E-state index in [1.54, 1.807) is 30.3 Å². The van der Waals surface area contributed by atoms with Gasteiger partial charge in [0.05, 0.1) is 4.92 Å². The molecule has 9 heteroatoms. The van der Waals surface area contributed by atoms with E-state index < -0.39 is 35.4 Å². The Balaban J connectivity index is 1.86. The Kier molecular flexibility index (Phi) is 6.59. The topological polar surface area (TPSA) is 128 Å². The second-order valence-corrected chi connectivity index (χ2v) is 5.44. The molecule has 140 valence electrons. The molecule has 0 aliphatic heterocycles. The summed E-state index contributed by atoms with van der Waals surface area (Å²) in [4.78, 5) is 46.0. The molecule has 0 unspecified atom stereocenters. The summed E-state index contributed by atoms with van der Waals surface area (Å²) in [7, 11) is 0. The minimum absolute atomic E-state index is 0.00669. The van der Waals surface area contributed by atoms with Crippen LogP contribution in [0.25, 0.3) is 0 Å². The number of nitrogens with zero attached hydrogens (tertiary/aromatic N) is 1. The molecule has 0 aromatic heterocycles. The number of benzene rings is 2. The van der Waals surface area contributed by atoms with Gasteiger partial charge >= 0.3 is 5.97 Å². The second-order valence-electron chi connectivity index (χ2n) is 5.44. The molecule has 0 aliphatic carbocycles. The fraction of sp³-hybridized carbons (Fsp3) is 0.167. The molecule has 2 amide bonds. The van der Waals surface area contributed by atoms with E-state index in [0.29, 0.717) is 5.56 Å². The van der Waals surface area contributed by atoms with Gasteiger partial charge in [0, 0.05) is 11.6 Å². The van der Waals surface area contributed by atoms with Crippen molar-refractivity contribution >= 4 is 29.2 Å². The average molecular weight is 371 g/mol. The van der Waals surface area contributed by atoms with E-state index in [0.717, 1.165) is 0 Å². The molecule has 0 aliphatic rings. The van der Waals surface area contributed by atoms with Crippen LogP contribution < -0.4 is 10.6 Å². The Morgan fingerprint density at radius 3 is 2.37 bits per heavy atom. The van der Waals surface area contributed by atoms with Crippen molar-refractivity contribution in [2.24, 2.45) is 0 Å². The molecule has 2 N–H and O–H groups in total. The van der Waals surface area contributed by atoms with E-state index in [-0.39, 0.29) is 11.4 Å². The average Bonchev–Trinajstić information content (AvgIpc) is 2.67. The molecule has 2 aromatic carbocycles. The molecule has 0 saturated heterocycles. The van der Waals surface area contributed by atoms with Gasteiger partial charge in [0.25, 0.3) is 17.5 Å². The molecule has 0 radical (unpaired) electrons. The number of nitrogens with one attached hydrogen (secondary N) is 2. The molecule has 9 nitrogen and oxygen atoms in total. The first-order chi connectivity index (χ1) is 12.9. The van der Waals surface area contributed by atoms with Gasteiger partial charge in [0.1, 0.15) is 12.2 Å². The summed E-state index contributed by atoms with van der Waals surface area (Å²) in [6.07, 6.45) is -1.20. The van der Waals surface area contributed by atoms with Gasteiger partial charge in [-0.25, -0.2) is 0 Å². The second kappa shape index (κ2) is 9.09. The lowest BCUT2D eigenvalue weighted by molar-refractivity contribution is -0.383. The maximum atomic E-state index is 12.1. The first kappa shape index (κ1) is 19.6. The molecule has 27 heavy (non-hydrogen) atoms. The monoisotopic (exact) mass is 371 g/mol. The van der Waals surface area contributed by atoms with E-state index >= 15 is 0 Å². The Hall–Kier alpha value is -3.75. The first-order valence-electron chi connectivity index (χ1n) is 7.95. The van der Waals surface area contributed by atoms with Crippen LogP contribution in [0.1, 0.15) is 17.3 Å². The van der Waals surface area contributed by atoms with Gasteiger partial charge in [0.2, 0.25) is 0 Å². The summed E-state index contributed by atoms with van der Waals surface area (Å²) >= 11 is 0. The number of esters is 1. The number of hydrogen-bond acceptors (Lipinski definition) is 6. The number of rotatable bonds is 7. The minimum Gasteiger partial charge on any atom is -0.451 e. The molecule has 0 fully saturated rings. The van der Waals surface area contributed by atoms with E-state index in [4.69, 9.17) is 4.74 Å². The van der Waals surface area contributed by atoms with Crippen LogP contribution in [0.3, 0.4) is 0 Å². The maximum Gasteiger partial charge on any atom is 0.326 e. The van der Waals surface area contributed by atoms with Crippen LogP contribution in [0.4, 0.5) is 11.4 Å². The largest absolute Gasteiger partial charge is 0.451 e. The smallest absolute Gasteiger partial charge is 0.326 e. The van der Waals surface area contributed by atoms with Crippen molar-refractivity contribution in [3.8, 4) is 0 Å². The first-order valence-corrected chi connectivity index (χ1v) is 7.95. The third-order valence-electron chi connectivity index (χ3n) is 3.47. The van der Waals surface area contributed by atoms with Gasteiger partial charge in [0.15, 0.2) is 6.10 Å². The summed E-state index contributed by atoms with van der Waals surface area (Å²) in [5.41, 5.74) is 0.0970. The molecule has 0 spiro atoms. The standard InChI is InChI=1S/C18H17N3O6/c1-12(17(23)20-14-9-5-6-10-15(14)21(25)26)27-16(22)11-19-18(24)13-7-3-2-4-8-13/h2-10,12H,11H2,1H3,(H,19,24)(H,20,23)/t12-/m0/s1. The summed E-state index contributed by atoms with van der Waals surface area (Å²) in [5, 5.41) is 15.7. The molecule has 0 bridgehead atoms. The van der Waals surface area contributed by atoms with Crippen LogP contribution in [-0.2, 0) is 14.3 Å². The highest BCUT2D eigenvalue weighted by Crippen LogP contribution is 2.23. The summed E-state index contributed by atoms with van der Waals surface area (Å²) in [5.74, 6) is -2.00.